The topological polar surface area (TPSA) is 29.1 Å². The minimum absolute atomic E-state index is 0.0990. The number of benzene rings is 1. The molecular weight excluding hydrogens is 310 g/mol. The molecule has 1 rings (SSSR count). The molecule has 0 atom stereocenters. The summed E-state index contributed by atoms with van der Waals surface area (Å²) in [4.78, 5) is 11.5. The Kier molecular flexibility index (Phi) is 4.35. The number of amides is 1. The molecule has 14 heavy (non-hydrogen) atoms. The van der Waals surface area contributed by atoms with Crippen molar-refractivity contribution in [2.45, 2.75) is 0 Å². The second-order valence-electron chi connectivity index (χ2n) is 2.71. The van der Waals surface area contributed by atoms with Crippen LogP contribution in [0.1, 0.15) is 10.4 Å². The molecule has 1 aromatic rings. The third-order valence-corrected chi connectivity index (χ3v) is 2.36. The molecule has 0 fully saturated rings. The fraction of sp³-hybridized carbons (Fsp3) is 0.100. The summed E-state index contributed by atoms with van der Waals surface area (Å²) in [5.41, 5.74) is 0.641. The fourth-order valence-corrected chi connectivity index (χ4v) is 1.28. The molecule has 0 aromatic heterocycles. The van der Waals surface area contributed by atoms with Crippen LogP contribution in [0, 0.1) is 0 Å². The molecular formula is C10H9Br2NO. The predicted molar refractivity (Wildman–Crippen MR) is 64.5 cm³/mol. The zero-order valence-corrected chi connectivity index (χ0v) is 10.6. The molecule has 1 amide bonds. The molecule has 4 heteroatoms. The van der Waals surface area contributed by atoms with Gasteiger partial charge in [-0.15, -0.1) is 0 Å². The predicted octanol–water partition coefficient (Wildman–Crippen LogP) is 3.09. The summed E-state index contributed by atoms with van der Waals surface area (Å²) in [7, 11) is 0. The highest BCUT2D eigenvalue weighted by Crippen LogP contribution is 2.10. The lowest BCUT2D eigenvalue weighted by Crippen LogP contribution is -2.24. The summed E-state index contributed by atoms with van der Waals surface area (Å²) in [6.45, 7) is 4.07. The first-order chi connectivity index (χ1) is 6.59. The molecule has 0 spiro atoms. The maximum absolute atomic E-state index is 11.5. The number of hydrogen-bond acceptors (Lipinski definition) is 1. The van der Waals surface area contributed by atoms with Crippen molar-refractivity contribution >= 4 is 37.8 Å². The summed E-state index contributed by atoms with van der Waals surface area (Å²) in [5.74, 6) is -0.0990. The molecule has 1 aromatic carbocycles. The molecule has 0 aliphatic carbocycles. The third kappa shape index (κ3) is 3.64. The summed E-state index contributed by atoms with van der Waals surface area (Å²) in [5, 5.41) is 2.72. The molecule has 74 valence electrons. The average molecular weight is 319 g/mol. The van der Waals surface area contributed by atoms with Gasteiger partial charge >= 0.3 is 0 Å². The summed E-state index contributed by atoms with van der Waals surface area (Å²) in [6.07, 6.45) is 0. The van der Waals surface area contributed by atoms with Gasteiger partial charge in [0.05, 0.1) is 0 Å². The highest BCUT2D eigenvalue weighted by atomic mass is 79.9. The largest absolute Gasteiger partial charge is 0.347 e. The number of nitrogens with one attached hydrogen (secondary N) is 1. The van der Waals surface area contributed by atoms with Crippen LogP contribution in [-0.2, 0) is 0 Å². The summed E-state index contributed by atoms with van der Waals surface area (Å²) >= 11 is 6.47. The SMILES string of the molecule is C=C(Br)CNC(=O)c1ccc(Br)cc1. The smallest absolute Gasteiger partial charge is 0.251 e. The van der Waals surface area contributed by atoms with Crippen LogP contribution >= 0.6 is 31.9 Å². The van der Waals surface area contributed by atoms with E-state index in [0.29, 0.717) is 12.1 Å². The molecule has 0 aliphatic rings. The number of hydrogen-bond donors (Lipinski definition) is 1. The fourth-order valence-electron chi connectivity index (χ4n) is 0.880. The van der Waals surface area contributed by atoms with Crippen LogP contribution in [0.3, 0.4) is 0 Å². The molecule has 0 unspecified atom stereocenters. The van der Waals surface area contributed by atoms with Gasteiger partial charge in [-0.2, -0.15) is 0 Å². The Bertz CT molecular complexity index is 346. The quantitative estimate of drug-likeness (QED) is 0.911. The van der Waals surface area contributed by atoms with E-state index in [1.807, 2.05) is 12.1 Å². The Hall–Kier alpha value is -0.610. The second-order valence-corrected chi connectivity index (χ2v) is 4.74. The van der Waals surface area contributed by atoms with Crippen LogP contribution in [0.25, 0.3) is 0 Å². The van der Waals surface area contributed by atoms with Crippen LogP contribution in [0.4, 0.5) is 0 Å². The van der Waals surface area contributed by atoms with E-state index in [0.717, 1.165) is 8.96 Å². The molecule has 2 nitrogen and oxygen atoms in total. The van der Waals surface area contributed by atoms with E-state index in [2.05, 4.69) is 43.8 Å². The maximum Gasteiger partial charge on any atom is 0.251 e. The highest BCUT2D eigenvalue weighted by Gasteiger charge is 2.03. The Morgan fingerprint density at radius 2 is 1.93 bits per heavy atom. The summed E-state index contributed by atoms with van der Waals surface area (Å²) in [6, 6.07) is 7.18. The number of carbonyl (C=O) groups excluding carboxylic acids is 1. The van der Waals surface area contributed by atoms with Gasteiger partial charge in [-0.25, -0.2) is 0 Å². The number of rotatable bonds is 3. The van der Waals surface area contributed by atoms with E-state index in [4.69, 9.17) is 0 Å². The third-order valence-electron chi connectivity index (χ3n) is 1.55. The van der Waals surface area contributed by atoms with E-state index in [9.17, 15) is 4.79 Å². The zero-order chi connectivity index (χ0) is 10.6. The maximum atomic E-state index is 11.5. The van der Waals surface area contributed by atoms with E-state index in [1.54, 1.807) is 12.1 Å². The lowest BCUT2D eigenvalue weighted by atomic mass is 10.2. The van der Waals surface area contributed by atoms with Crippen LogP contribution in [0.5, 0.6) is 0 Å². The lowest BCUT2D eigenvalue weighted by molar-refractivity contribution is 0.0958. The van der Waals surface area contributed by atoms with Gasteiger partial charge in [0, 0.05) is 21.1 Å². The molecule has 0 heterocycles. The van der Waals surface area contributed by atoms with E-state index in [-0.39, 0.29) is 5.91 Å². The van der Waals surface area contributed by atoms with Crippen molar-refractivity contribution in [3.8, 4) is 0 Å². The average Bonchev–Trinajstić information content (AvgIpc) is 2.15. The van der Waals surface area contributed by atoms with Gasteiger partial charge in [-0.1, -0.05) is 38.4 Å². The molecule has 0 aliphatic heterocycles. The van der Waals surface area contributed by atoms with Crippen molar-refractivity contribution in [2.75, 3.05) is 6.54 Å². The summed E-state index contributed by atoms with van der Waals surface area (Å²) < 4.78 is 1.71. The highest BCUT2D eigenvalue weighted by molar-refractivity contribution is 9.11. The second kappa shape index (κ2) is 5.32. The van der Waals surface area contributed by atoms with E-state index in [1.165, 1.54) is 0 Å². The van der Waals surface area contributed by atoms with Crippen molar-refractivity contribution in [1.82, 2.24) is 5.32 Å². The monoisotopic (exact) mass is 317 g/mol. The van der Waals surface area contributed by atoms with Crippen LogP contribution in [-0.4, -0.2) is 12.5 Å². The first kappa shape index (κ1) is 11.5. The Morgan fingerprint density at radius 1 is 1.36 bits per heavy atom. The molecule has 0 radical (unpaired) electrons. The van der Waals surface area contributed by atoms with Crippen molar-refractivity contribution in [1.29, 1.82) is 0 Å². The van der Waals surface area contributed by atoms with Gasteiger partial charge in [0.25, 0.3) is 5.91 Å². The van der Waals surface area contributed by atoms with Crippen molar-refractivity contribution < 1.29 is 4.79 Å². The normalized spacial score (nSPS) is 9.57. The van der Waals surface area contributed by atoms with Crippen molar-refractivity contribution in [3.63, 3.8) is 0 Å². The Morgan fingerprint density at radius 3 is 2.43 bits per heavy atom. The van der Waals surface area contributed by atoms with Gasteiger partial charge < -0.3 is 5.32 Å². The van der Waals surface area contributed by atoms with Gasteiger partial charge in [0.15, 0.2) is 0 Å². The standard InChI is InChI=1S/C10H9Br2NO/c1-7(11)6-13-10(14)8-2-4-9(12)5-3-8/h2-5H,1,6H2,(H,13,14). The van der Waals surface area contributed by atoms with Gasteiger partial charge in [-0.3, -0.25) is 4.79 Å². The zero-order valence-electron chi connectivity index (χ0n) is 7.39. The van der Waals surface area contributed by atoms with E-state index >= 15 is 0 Å². The first-order valence-corrected chi connectivity index (χ1v) is 5.55. The van der Waals surface area contributed by atoms with Crippen LogP contribution < -0.4 is 5.32 Å². The van der Waals surface area contributed by atoms with Gasteiger partial charge in [0.1, 0.15) is 0 Å². The molecule has 0 saturated carbocycles. The lowest BCUT2D eigenvalue weighted by Gasteiger charge is -2.03. The Balaban J connectivity index is 2.61. The number of carbonyl (C=O) groups is 1. The molecule has 1 N–H and O–H groups in total. The molecule has 0 bridgehead atoms. The first-order valence-electron chi connectivity index (χ1n) is 3.96. The number of halogens is 2. The van der Waals surface area contributed by atoms with E-state index < -0.39 is 0 Å². The van der Waals surface area contributed by atoms with Crippen LogP contribution in [0.2, 0.25) is 0 Å². The van der Waals surface area contributed by atoms with Crippen molar-refractivity contribution in [2.24, 2.45) is 0 Å². The molecule has 0 saturated heterocycles. The Labute approximate surface area is 99.6 Å². The van der Waals surface area contributed by atoms with Crippen LogP contribution in [0.15, 0.2) is 39.8 Å². The minimum Gasteiger partial charge on any atom is -0.347 e. The van der Waals surface area contributed by atoms with Gasteiger partial charge in [0.2, 0.25) is 0 Å². The minimum atomic E-state index is -0.0990. The van der Waals surface area contributed by atoms with Crippen molar-refractivity contribution in [3.05, 3.63) is 45.4 Å². The van der Waals surface area contributed by atoms with Gasteiger partial charge in [-0.05, 0) is 24.3 Å².